The largest absolute Gasteiger partial charge is 0.317 e. The van der Waals surface area contributed by atoms with E-state index < -0.39 is 0 Å². The molecule has 0 N–H and O–H groups in total. The van der Waals surface area contributed by atoms with Gasteiger partial charge in [-0.3, -0.25) is 4.98 Å². The molecule has 1 aromatic heterocycles. The van der Waals surface area contributed by atoms with E-state index in [0.717, 1.165) is 12.1 Å². The van der Waals surface area contributed by atoms with Gasteiger partial charge in [0, 0.05) is 11.9 Å². The van der Waals surface area contributed by atoms with E-state index in [1.54, 1.807) is 6.20 Å². The third-order valence-electron chi connectivity index (χ3n) is 1.21. The molecule has 1 heterocycles. The fourth-order valence-corrected chi connectivity index (χ4v) is 0.716. The minimum atomic E-state index is 0.539. The minimum absolute atomic E-state index is 0.539. The van der Waals surface area contributed by atoms with Crippen LogP contribution >= 0.6 is 0 Å². The van der Waals surface area contributed by atoms with Crippen molar-refractivity contribution in [2.24, 2.45) is 0 Å². The molecule has 0 aliphatic heterocycles. The number of rotatable bonds is 2. The molecule has 0 fully saturated rings. The molecule has 0 radical (unpaired) electrons. The van der Waals surface area contributed by atoms with Gasteiger partial charge >= 0.3 is 0 Å². The molecule has 2 nitrogen and oxygen atoms in total. The summed E-state index contributed by atoms with van der Waals surface area (Å²) >= 11 is 0. The highest BCUT2D eigenvalue weighted by atomic mass is 14.7. The van der Waals surface area contributed by atoms with E-state index in [0.29, 0.717) is 6.54 Å². The molecule has 0 amide bonds. The molecule has 1 rings (SSSR count). The Hall–Kier alpha value is -1.36. The van der Waals surface area contributed by atoms with Gasteiger partial charge in [-0.15, -0.1) is 0 Å². The summed E-state index contributed by atoms with van der Waals surface area (Å²) in [6.45, 7) is 7.09. The van der Waals surface area contributed by atoms with Crippen LogP contribution in [0.2, 0.25) is 0 Å². The van der Waals surface area contributed by atoms with Crippen LogP contribution in [0, 0.1) is 6.57 Å². The lowest BCUT2D eigenvalue weighted by molar-refractivity contribution is 0.999. The van der Waals surface area contributed by atoms with Gasteiger partial charge in [0.1, 0.15) is 0 Å². The lowest BCUT2D eigenvalue weighted by atomic mass is 10.3. The Kier molecular flexibility index (Phi) is 2.45. The topological polar surface area (TPSA) is 17.2 Å². The standard InChI is InChI=1S/C8H8N2/c1-9-7-5-8-4-2-3-6-10-8/h2-4,6H,5,7H2. The third kappa shape index (κ3) is 1.87. The maximum absolute atomic E-state index is 6.55. The zero-order valence-corrected chi connectivity index (χ0v) is 5.62. The average molecular weight is 132 g/mol. The molecule has 0 unspecified atom stereocenters. The number of hydrogen-bond donors (Lipinski definition) is 0. The molecule has 10 heavy (non-hydrogen) atoms. The number of pyridine rings is 1. The molecule has 2 heteroatoms. The second-order valence-electron chi connectivity index (χ2n) is 1.95. The molecule has 0 aliphatic rings. The van der Waals surface area contributed by atoms with Crippen molar-refractivity contribution >= 4 is 0 Å². The highest BCUT2D eigenvalue weighted by molar-refractivity contribution is 5.04. The Balaban J connectivity index is 2.52. The first-order valence-corrected chi connectivity index (χ1v) is 3.16. The van der Waals surface area contributed by atoms with E-state index in [-0.39, 0.29) is 0 Å². The fraction of sp³-hybridized carbons (Fsp3) is 0.250. The van der Waals surface area contributed by atoms with Gasteiger partial charge in [0.05, 0.1) is 6.42 Å². The van der Waals surface area contributed by atoms with E-state index in [9.17, 15) is 0 Å². The molecule has 1 aromatic rings. The van der Waals surface area contributed by atoms with Crippen LogP contribution in [0.1, 0.15) is 5.69 Å². The van der Waals surface area contributed by atoms with Gasteiger partial charge < -0.3 is 4.85 Å². The monoisotopic (exact) mass is 132 g/mol. The van der Waals surface area contributed by atoms with E-state index >= 15 is 0 Å². The van der Waals surface area contributed by atoms with Crippen molar-refractivity contribution in [1.29, 1.82) is 0 Å². The summed E-state index contributed by atoms with van der Waals surface area (Å²) in [5, 5.41) is 0. The Labute approximate surface area is 60.3 Å². The van der Waals surface area contributed by atoms with E-state index in [2.05, 4.69) is 9.83 Å². The maximum Gasteiger partial charge on any atom is 0.220 e. The Morgan fingerprint density at radius 2 is 2.40 bits per heavy atom. The molecule has 0 saturated carbocycles. The van der Waals surface area contributed by atoms with Crippen molar-refractivity contribution in [2.75, 3.05) is 6.54 Å². The molecule has 0 spiro atoms. The van der Waals surface area contributed by atoms with E-state index in [1.165, 1.54) is 0 Å². The Morgan fingerprint density at radius 1 is 1.50 bits per heavy atom. The normalized spacial score (nSPS) is 8.70. The molecule has 50 valence electrons. The quantitative estimate of drug-likeness (QED) is 0.558. The fourth-order valence-electron chi connectivity index (χ4n) is 0.716. The predicted octanol–water partition coefficient (Wildman–Crippen LogP) is 1.54. The van der Waals surface area contributed by atoms with Gasteiger partial charge in [-0.2, -0.15) is 0 Å². The molecule has 0 aromatic carbocycles. The zero-order chi connectivity index (χ0) is 7.23. The van der Waals surface area contributed by atoms with Crippen LogP contribution < -0.4 is 0 Å². The summed E-state index contributed by atoms with van der Waals surface area (Å²) in [6.07, 6.45) is 2.52. The highest BCUT2D eigenvalue weighted by Gasteiger charge is 1.91. The summed E-state index contributed by atoms with van der Waals surface area (Å²) in [4.78, 5) is 7.31. The van der Waals surface area contributed by atoms with Crippen molar-refractivity contribution in [1.82, 2.24) is 4.98 Å². The second kappa shape index (κ2) is 3.62. The minimum Gasteiger partial charge on any atom is -0.317 e. The van der Waals surface area contributed by atoms with Crippen molar-refractivity contribution in [3.63, 3.8) is 0 Å². The summed E-state index contributed by atoms with van der Waals surface area (Å²) in [7, 11) is 0. The summed E-state index contributed by atoms with van der Waals surface area (Å²) < 4.78 is 0. The second-order valence-corrected chi connectivity index (χ2v) is 1.95. The molecular formula is C8H8N2. The smallest absolute Gasteiger partial charge is 0.220 e. The highest BCUT2D eigenvalue weighted by Crippen LogP contribution is 1.93. The van der Waals surface area contributed by atoms with Gasteiger partial charge in [0.25, 0.3) is 0 Å². The van der Waals surface area contributed by atoms with Crippen molar-refractivity contribution < 1.29 is 0 Å². The Bertz CT molecular complexity index is 223. The number of aromatic nitrogens is 1. The van der Waals surface area contributed by atoms with Crippen LogP contribution in [-0.2, 0) is 6.42 Å². The number of hydrogen-bond acceptors (Lipinski definition) is 1. The van der Waals surface area contributed by atoms with Crippen LogP contribution in [0.25, 0.3) is 4.85 Å². The first-order chi connectivity index (χ1) is 4.93. The van der Waals surface area contributed by atoms with Crippen LogP contribution in [-0.4, -0.2) is 11.5 Å². The average Bonchev–Trinajstić information content (AvgIpc) is 2.03. The summed E-state index contributed by atoms with van der Waals surface area (Å²) in [5.41, 5.74) is 0.999. The maximum atomic E-state index is 6.55. The zero-order valence-electron chi connectivity index (χ0n) is 5.62. The van der Waals surface area contributed by atoms with Crippen LogP contribution in [0.5, 0.6) is 0 Å². The van der Waals surface area contributed by atoms with Gasteiger partial charge in [-0.05, 0) is 12.1 Å². The molecule has 0 bridgehead atoms. The van der Waals surface area contributed by atoms with E-state index in [1.807, 2.05) is 18.2 Å². The SMILES string of the molecule is [C-]#[N+]CCc1ccccn1. The molecule has 0 atom stereocenters. The van der Waals surface area contributed by atoms with Crippen LogP contribution in [0.3, 0.4) is 0 Å². The lowest BCUT2D eigenvalue weighted by Gasteiger charge is -1.90. The van der Waals surface area contributed by atoms with Crippen LogP contribution in [0.4, 0.5) is 0 Å². The lowest BCUT2D eigenvalue weighted by Crippen LogP contribution is -1.89. The predicted molar refractivity (Wildman–Crippen MR) is 39.4 cm³/mol. The van der Waals surface area contributed by atoms with Gasteiger partial charge in [0.2, 0.25) is 6.54 Å². The van der Waals surface area contributed by atoms with Gasteiger partial charge in [-0.1, -0.05) is 6.07 Å². The van der Waals surface area contributed by atoms with Crippen LogP contribution in [0.15, 0.2) is 24.4 Å². The third-order valence-corrected chi connectivity index (χ3v) is 1.21. The molecule has 0 saturated heterocycles. The van der Waals surface area contributed by atoms with E-state index in [4.69, 9.17) is 6.57 Å². The molecular weight excluding hydrogens is 124 g/mol. The molecule has 0 aliphatic carbocycles. The first-order valence-electron chi connectivity index (χ1n) is 3.16. The summed E-state index contributed by atoms with van der Waals surface area (Å²) in [6, 6.07) is 5.75. The van der Waals surface area contributed by atoms with Gasteiger partial charge in [0.15, 0.2) is 0 Å². The first kappa shape index (κ1) is 6.76. The summed E-state index contributed by atoms with van der Waals surface area (Å²) in [5.74, 6) is 0. The van der Waals surface area contributed by atoms with Gasteiger partial charge in [-0.25, -0.2) is 6.57 Å². The number of nitrogens with zero attached hydrogens (tertiary/aromatic N) is 2. The van der Waals surface area contributed by atoms with Crippen molar-refractivity contribution in [2.45, 2.75) is 6.42 Å². The Morgan fingerprint density at radius 3 is 3.00 bits per heavy atom. The van der Waals surface area contributed by atoms with Crippen molar-refractivity contribution in [3.05, 3.63) is 41.5 Å². The van der Waals surface area contributed by atoms with Crippen molar-refractivity contribution in [3.8, 4) is 0 Å².